The maximum absolute atomic E-state index is 12.9. The van der Waals surface area contributed by atoms with Gasteiger partial charge in [0.05, 0.1) is 20.0 Å². The SMILES string of the molecule is COC(=O)CCN(C(=O)Cc1ccc(Cl)cc1)C1CCCCC1C. The van der Waals surface area contributed by atoms with Crippen molar-refractivity contribution >= 4 is 23.5 Å². The van der Waals surface area contributed by atoms with Gasteiger partial charge in [0.2, 0.25) is 5.91 Å². The molecule has 1 aromatic rings. The van der Waals surface area contributed by atoms with Gasteiger partial charge in [0.25, 0.3) is 0 Å². The van der Waals surface area contributed by atoms with E-state index in [4.69, 9.17) is 16.3 Å². The van der Waals surface area contributed by atoms with Crippen LogP contribution in [0.3, 0.4) is 0 Å². The number of hydrogen-bond acceptors (Lipinski definition) is 3. The molecule has 0 heterocycles. The van der Waals surface area contributed by atoms with E-state index in [-0.39, 0.29) is 24.3 Å². The summed E-state index contributed by atoms with van der Waals surface area (Å²) in [6, 6.07) is 7.56. The van der Waals surface area contributed by atoms with Crippen molar-refractivity contribution in [3.63, 3.8) is 0 Å². The third kappa shape index (κ3) is 5.23. The highest BCUT2D eigenvalue weighted by atomic mass is 35.5. The zero-order valence-corrected chi connectivity index (χ0v) is 15.2. The molecule has 1 amide bonds. The third-order valence-corrected chi connectivity index (χ3v) is 5.09. The molecule has 2 unspecified atom stereocenters. The Morgan fingerprint density at radius 3 is 2.50 bits per heavy atom. The predicted octanol–water partition coefficient (Wildman–Crippen LogP) is 3.85. The normalized spacial score (nSPS) is 20.5. The van der Waals surface area contributed by atoms with E-state index in [2.05, 4.69) is 6.92 Å². The van der Waals surface area contributed by atoms with Crippen molar-refractivity contribution in [2.75, 3.05) is 13.7 Å². The molecule has 0 N–H and O–H groups in total. The van der Waals surface area contributed by atoms with Gasteiger partial charge in [-0.2, -0.15) is 0 Å². The van der Waals surface area contributed by atoms with Crippen molar-refractivity contribution in [3.05, 3.63) is 34.9 Å². The molecule has 1 saturated carbocycles. The standard InChI is InChI=1S/C19H26ClNO3/c1-14-5-3-4-6-17(14)21(12-11-19(23)24-2)18(22)13-15-7-9-16(20)10-8-15/h7-10,14,17H,3-6,11-13H2,1-2H3. The van der Waals surface area contributed by atoms with Gasteiger partial charge in [-0.1, -0.05) is 43.5 Å². The largest absolute Gasteiger partial charge is 0.469 e. The van der Waals surface area contributed by atoms with E-state index < -0.39 is 0 Å². The second-order valence-electron chi connectivity index (χ2n) is 6.55. The molecule has 2 atom stereocenters. The van der Waals surface area contributed by atoms with Crippen LogP contribution in [0.15, 0.2) is 24.3 Å². The number of carbonyl (C=O) groups is 2. The topological polar surface area (TPSA) is 46.6 Å². The van der Waals surface area contributed by atoms with Crippen molar-refractivity contribution in [2.24, 2.45) is 5.92 Å². The van der Waals surface area contributed by atoms with E-state index in [9.17, 15) is 9.59 Å². The highest BCUT2D eigenvalue weighted by molar-refractivity contribution is 6.30. The van der Waals surface area contributed by atoms with Gasteiger partial charge in [-0.3, -0.25) is 9.59 Å². The monoisotopic (exact) mass is 351 g/mol. The maximum Gasteiger partial charge on any atom is 0.307 e. The van der Waals surface area contributed by atoms with E-state index >= 15 is 0 Å². The molecule has 2 rings (SSSR count). The van der Waals surface area contributed by atoms with Crippen LogP contribution >= 0.6 is 11.6 Å². The number of methoxy groups -OCH3 is 1. The first-order chi connectivity index (χ1) is 11.5. The molecule has 4 nitrogen and oxygen atoms in total. The van der Waals surface area contributed by atoms with Gasteiger partial charge in [-0.25, -0.2) is 0 Å². The van der Waals surface area contributed by atoms with Crippen LogP contribution in [-0.4, -0.2) is 36.5 Å². The summed E-state index contributed by atoms with van der Waals surface area (Å²) in [5.41, 5.74) is 0.941. The van der Waals surface area contributed by atoms with Crippen molar-refractivity contribution in [3.8, 4) is 0 Å². The van der Waals surface area contributed by atoms with Crippen LogP contribution in [0, 0.1) is 5.92 Å². The number of esters is 1. The van der Waals surface area contributed by atoms with Crippen LogP contribution in [0.2, 0.25) is 5.02 Å². The lowest BCUT2D eigenvalue weighted by molar-refractivity contribution is -0.142. The summed E-state index contributed by atoms with van der Waals surface area (Å²) in [4.78, 5) is 26.3. The van der Waals surface area contributed by atoms with Crippen LogP contribution in [0.1, 0.15) is 44.6 Å². The summed E-state index contributed by atoms with van der Waals surface area (Å²) in [6.07, 6.45) is 5.07. The van der Waals surface area contributed by atoms with Crippen molar-refractivity contribution < 1.29 is 14.3 Å². The van der Waals surface area contributed by atoms with Gasteiger partial charge in [0.1, 0.15) is 0 Å². The van der Waals surface area contributed by atoms with E-state index in [1.54, 1.807) is 12.1 Å². The molecule has 0 bridgehead atoms. The average molecular weight is 352 g/mol. The third-order valence-electron chi connectivity index (χ3n) is 4.84. The number of hydrogen-bond donors (Lipinski definition) is 0. The molecule has 1 aliphatic carbocycles. The Bertz CT molecular complexity index is 558. The molecule has 0 radical (unpaired) electrons. The van der Waals surface area contributed by atoms with E-state index in [0.717, 1.165) is 24.8 Å². The number of amides is 1. The smallest absolute Gasteiger partial charge is 0.307 e. The fraction of sp³-hybridized carbons (Fsp3) is 0.579. The summed E-state index contributed by atoms with van der Waals surface area (Å²) < 4.78 is 4.73. The molecule has 1 fully saturated rings. The highest BCUT2D eigenvalue weighted by Gasteiger charge is 2.30. The Morgan fingerprint density at radius 1 is 1.21 bits per heavy atom. The molecule has 1 aliphatic rings. The fourth-order valence-electron chi connectivity index (χ4n) is 3.43. The Kier molecular flexibility index (Phi) is 7.10. The first kappa shape index (κ1) is 18.8. The lowest BCUT2D eigenvalue weighted by Crippen LogP contribution is -2.46. The Morgan fingerprint density at radius 2 is 1.88 bits per heavy atom. The Balaban J connectivity index is 2.08. The molecule has 132 valence electrons. The van der Waals surface area contributed by atoms with Crippen LogP contribution in [-0.2, 0) is 20.7 Å². The number of rotatable bonds is 6. The van der Waals surface area contributed by atoms with Crippen molar-refractivity contribution in [1.82, 2.24) is 4.90 Å². The molecular weight excluding hydrogens is 326 g/mol. The van der Waals surface area contributed by atoms with E-state index in [0.29, 0.717) is 23.9 Å². The average Bonchev–Trinajstić information content (AvgIpc) is 2.58. The summed E-state index contributed by atoms with van der Waals surface area (Å²) in [5.74, 6) is 0.258. The van der Waals surface area contributed by atoms with E-state index in [1.165, 1.54) is 13.5 Å². The van der Waals surface area contributed by atoms with Gasteiger partial charge >= 0.3 is 5.97 Å². The minimum atomic E-state index is -0.275. The number of benzene rings is 1. The molecule has 0 aromatic heterocycles. The van der Waals surface area contributed by atoms with Gasteiger partial charge in [-0.05, 0) is 36.5 Å². The molecule has 0 aliphatic heterocycles. The van der Waals surface area contributed by atoms with Crippen LogP contribution in [0.5, 0.6) is 0 Å². The second kappa shape index (κ2) is 9.07. The molecule has 5 heteroatoms. The Labute approximate surface area is 149 Å². The molecule has 0 spiro atoms. The van der Waals surface area contributed by atoms with E-state index in [1.807, 2.05) is 17.0 Å². The molecular formula is C19H26ClNO3. The number of nitrogens with zero attached hydrogens (tertiary/aromatic N) is 1. The van der Waals surface area contributed by atoms with Crippen LogP contribution in [0.25, 0.3) is 0 Å². The zero-order chi connectivity index (χ0) is 17.5. The first-order valence-electron chi connectivity index (χ1n) is 8.62. The van der Waals surface area contributed by atoms with Gasteiger partial charge in [0, 0.05) is 17.6 Å². The summed E-state index contributed by atoms with van der Waals surface area (Å²) in [5, 5.41) is 0.662. The minimum Gasteiger partial charge on any atom is -0.469 e. The molecule has 0 saturated heterocycles. The fourth-order valence-corrected chi connectivity index (χ4v) is 3.55. The number of ether oxygens (including phenoxy) is 1. The Hall–Kier alpha value is -1.55. The summed E-state index contributed by atoms with van der Waals surface area (Å²) >= 11 is 5.91. The molecule has 1 aromatic carbocycles. The summed E-state index contributed by atoms with van der Waals surface area (Å²) in [7, 11) is 1.38. The highest BCUT2D eigenvalue weighted by Crippen LogP contribution is 2.29. The van der Waals surface area contributed by atoms with Gasteiger partial charge in [-0.15, -0.1) is 0 Å². The first-order valence-corrected chi connectivity index (χ1v) is 8.99. The van der Waals surface area contributed by atoms with Crippen LogP contribution in [0.4, 0.5) is 0 Å². The van der Waals surface area contributed by atoms with Gasteiger partial charge < -0.3 is 9.64 Å². The lowest BCUT2D eigenvalue weighted by atomic mass is 9.84. The predicted molar refractivity (Wildman–Crippen MR) is 94.9 cm³/mol. The van der Waals surface area contributed by atoms with Crippen molar-refractivity contribution in [2.45, 2.75) is 51.5 Å². The molecule has 24 heavy (non-hydrogen) atoms. The van der Waals surface area contributed by atoms with Crippen molar-refractivity contribution in [1.29, 1.82) is 0 Å². The lowest BCUT2D eigenvalue weighted by Gasteiger charge is -2.38. The quantitative estimate of drug-likeness (QED) is 0.731. The van der Waals surface area contributed by atoms with Crippen LogP contribution < -0.4 is 0 Å². The minimum absolute atomic E-state index is 0.0694. The van der Waals surface area contributed by atoms with Gasteiger partial charge in [0.15, 0.2) is 0 Å². The summed E-state index contributed by atoms with van der Waals surface area (Å²) in [6.45, 7) is 2.62. The second-order valence-corrected chi connectivity index (χ2v) is 6.98. The zero-order valence-electron chi connectivity index (χ0n) is 14.5. The number of halogens is 1. The maximum atomic E-state index is 12.9. The number of carbonyl (C=O) groups excluding carboxylic acids is 2.